The number of halogens is 1. The van der Waals surface area contributed by atoms with E-state index < -0.39 is 5.97 Å². The highest BCUT2D eigenvalue weighted by Gasteiger charge is 2.15. The minimum absolute atomic E-state index is 0.0492. The summed E-state index contributed by atoms with van der Waals surface area (Å²) in [5, 5.41) is 6.04. The molecule has 0 spiro atoms. The Kier molecular flexibility index (Phi) is 4.32. The molecule has 0 N–H and O–H groups in total. The van der Waals surface area contributed by atoms with Crippen molar-refractivity contribution in [2.75, 3.05) is 0 Å². The van der Waals surface area contributed by atoms with E-state index in [2.05, 4.69) is 10.1 Å². The summed E-state index contributed by atoms with van der Waals surface area (Å²) in [7, 11) is 0. The molecule has 0 bridgehead atoms. The summed E-state index contributed by atoms with van der Waals surface area (Å²) >= 11 is 1.28. The van der Waals surface area contributed by atoms with Gasteiger partial charge in [-0.3, -0.25) is 0 Å². The fraction of sp³-hybridized carbons (Fsp3) is 0.0556. The van der Waals surface area contributed by atoms with Crippen molar-refractivity contribution in [2.45, 2.75) is 6.61 Å². The van der Waals surface area contributed by atoms with Crippen LogP contribution >= 0.6 is 11.3 Å². The Labute approximate surface area is 150 Å². The van der Waals surface area contributed by atoms with Gasteiger partial charge in [0.25, 0.3) is 0 Å². The first-order valence-electron chi connectivity index (χ1n) is 7.57. The number of nitrogens with zero attached hydrogens (tertiary/aromatic N) is 2. The van der Waals surface area contributed by atoms with E-state index in [0.29, 0.717) is 22.2 Å². The fourth-order valence-corrected chi connectivity index (χ4v) is 3.02. The zero-order chi connectivity index (χ0) is 17.9. The van der Waals surface area contributed by atoms with Gasteiger partial charge >= 0.3 is 5.97 Å². The highest BCUT2D eigenvalue weighted by molar-refractivity contribution is 7.13. The van der Waals surface area contributed by atoms with Gasteiger partial charge in [0.05, 0.1) is 6.26 Å². The van der Waals surface area contributed by atoms with Crippen LogP contribution in [0.1, 0.15) is 16.2 Å². The molecule has 6 nitrogen and oxygen atoms in total. The number of hydrogen-bond acceptors (Lipinski definition) is 7. The third kappa shape index (κ3) is 3.40. The fourth-order valence-electron chi connectivity index (χ4n) is 2.22. The second-order valence-corrected chi connectivity index (χ2v) is 6.14. The molecule has 8 heteroatoms. The lowest BCUT2D eigenvalue weighted by atomic mass is 10.2. The van der Waals surface area contributed by atoms with Crippen molar-refractivity contribution in [1.82, 2.24) is 10.1 Å². The van der Waals surface area contributed by atoms with E-state index in [1.54, 1.807) is 35.7 Å². The molecule has 4 rings (SSSR count). The van der Waals surface area contributed by atoms with Crippen LogP contribution in [0, 0.1) is 5.82 Å². The van der Waals surface area contributed by atoms with Crippen LogP contribution < -0.4 is 0 Å². The van der Waals surface area contributed by atoms with Gasteiger partial charge in [0.15, 0.2) is 11.5 Å². The van der Waals surface area contributed by atoms with Crippen LogP contribution in [0.25, 0.3) is 22.1 Å². The van der Waals surface area contributed by atoms with Gasteiger partial charge in [-0.05, 0) is 36.4 Å². The molecule has 3 heterocycles. The van der Waals surface area contributed by atoms with Crippen molar-refractivity contribution in [3.05, 3.63) is 71.3 Å². The van der Waals surface area contributed by atoms with E-state index in [-0.39, 0.29) is 18.1 Å². The Morgan fingerprint density at radius 2 is 2.04 bits per heavy atom. The number of carbonyl (C=O) groups is 1. The smallest absolute Gasteiger partial charge is 0.358 e. The van der Waals surface area contributed by atoms with Crippen molar-refractivity contribution >= 4 is 17.3 Å². The number of thiazole rings is 1. The largest absolute Gasteiger partial charge is 0.461 e. The number of furan rings is 1. The first kappa shape index (κ1) is 16.2. The predicted octanol–water partition coefficient (Wildman–Crippen LogP) is 4.55. The third-order valence-electron chi connectivity index (χ3n) is 3.48. The molecular formula is C18H11FN2O4S. The van der Waals surface area contributed by atoms with Gasteiger partial charge < -0.3 is 13.7 Å². The van der Waals surface area contributed by atoms with Gasteiger partial charge in [0, 0.05) is 17.0 Å². The number of ether oxygens (including phenoxy) is 1. The van der Waals surface area contributed by atoms with Gasteiger partial charge in [-0.2, -0.15) is 0 Å². The molecule has 130 valence electrons. The second kappa shape index (κ2) is 6.93. The van der Waals surface area contributed by atoms with Gasteiger partial charge in [0.2, 0.25) is 5.76 Å². The molecular weight excluding hydrogens is 359 g/mol. The van der Waals surface area contributed by atoms with Gasteiger partial charge in [-0.15, -0.1) is 11.3 Å². The SMILES string of the molecule is O=C(OCc1cc(-c2ccco2)on1)c1csc(-c2ccc(F)cc2)n1. The maximum absolute atomic E-state index is 13.0. The summed E-state index contributed by atoms with van der Waals surface area (Å²) in [5.74, 6) is 0.0930. The minimum atomic E-state index is -0.572. The minimum Gasteiger partial charge on any atom is -0.461 e. The number of aromatic nitrogens is 2. The molecule has 0 atom stereocenters. The number of benzene rings is 1. The topological polar surface area (TPSA) is 78.4 Å². The summed E-state index contributed by atoms with van der Waals surface area (Å²) in [6, 6.07) is 11.0. The molecule has 0 saturated carbocycles. The summed E-state index contributed by atoms with van der Waals surface area (Å²) in [4.78, 5) is 16.4. The van der Waals surface area contributed by atoms with Crippen LogP contribution in [0.15, 0.2) is 63.0 Å². The lowest BCUT2D eigenvalue weighted by Gasteiger charge is -1.99. The molecule has 0 fully saturated rings. The highest BCUT2D eigenvalue weighted by atomic mass is 32.1. The Morgan fingerprint density at radius 1 is 1.19 bits per heavy atom. The van der Waals surface area contributed by atoms with E-state index >= 15 is 0 Å². The van der Waals surface area contributed by atoms with Crippen molar-refractivity contribution in [3.8, 4) is 22.1 Å². The molecule has 0 amide bonds. The molecule has 0 unspecified atom stereocenters. The first-order valence-corrected chi connectivity index (χ1v) is 8.45. The van der Waals surface area contributed by atoms with Crippen LogP contribution in [-0.4, -0.2) is 16.1 Å². The van der Waals surface area contributed by atoms with Gasteiger partial charge in [-0.25, -0.2) is 14.2 Å². The number of esters is 1. The predicted molar refractivity (Wildman–Crippen MR) is 90.8 cm³/mol. The van der Waals surface area contributed by atoms with Crippen molar-refractivity contribution in [1.29, 1.82) is 0 Å². The second-order valence-electron chi connectivity index (χ2n) is 5.28. The number of rotatable bonds is 5. The maximum atomic E-state index is 13.0. The van der Waals surface area contributed by atoms with Crippen LogP contribution in [0.5, 0.6) is 0 Å². The first-order chi connectivity index (χ1) is 12.7. The normalized spacial score (nSPS) is 10.8. The quantitative estimate of drug-likeness (QED) is 0.480. The standard InChI is InChI=1S/C18H11FN2O4S/c19-12-5-3-11(4-6-12)17-20-14(10-26-17)18(22)24-9-13-8-16(25-21-13)15-2-1-7-23-15/h1-8,10H,9H2. The molecule has 1 aromatic carbocycles. The molecule has 4 aromatic rings. The lowest BCUT2D eigenvalue weighted by Crippen LogP contribution is -2.05. The zero-order valence-electron chi connectivity index (χ0n) is 13.2. The zero-order valence-corrected chi connectivity index (χ0v) is 14.0. The molecule has 0 aliphatic heterocycles. The van der Waals surface area contributed by atoms with Crippen molar-refractivity contribution < 1.29 is 22.9 Å². The lowest BCUT2D eigenvalue weighted by molar-refractivity contribution is 0.0458. The molecule has 3 aromatic heterocycles. The van der Waals surface area contributed by atoms with E-state index in [9.17, 15) is 9.18 Å². The maximum Gasteiger partial charge on any atom is 0.358 e. The van der Waals surface area contributed by atoms with Crippen molar-refractivity contribution in [2.24, 2.45) is 0 Å². The number of carbonyl (C=O) groups excluding carboxylic acids is 1. The average molecular weight is 370 g/mol. The summed E-state index contributed by atoms with van der Waals surface area (Å²) in [6.07, 6.45) is 1.53. The molecule has 0 aliphatic rings. The van der Waals surface area contributed by atoms with E-state index in [4.69, 9.17) is 13.7 Å². The summed E-state index contributed by atoms with van der Waals surface area (Å²) < 4.78 is 28.5. The average Bonchev–Trinajstić information content (AvgIpc) is 3.41. The highest BCUT2D eigenvalue weighted by Crippen LogP contribution is 2.25. The molecule has 0 radical (unpaired) electrons. The monoisotopic (exact) mass is 370 g/mol. The third-order valence-corrected chi connectivity index (χ3v) is 4.37. The van der Waals surface area contributed by atoms with Crippen molar-refractivity contribution in [3.63, 3.8) is 0 Å². The molecule has 0 aliphatic carbocycles. The Balaban J connectivity index is 1.40. The Bertz CT molecular complexity index is 1020. The van der Waals surface area contributed by atoms with Crippen LogP contribution in [-0.2, 0) is 11.3 Å². The van der Waals surface area contributed by atoms with Crippen LogP contribution in [0.4, 0.5) is 4.39 Å². The van der Waals surface area contributed by atoms with Crippen LogP contribution in [0.2, 0.25) is 0 Å². The van der Waals surface area contributed by atoms with E-state index in [1.807, 2.05) is 0 Å². The Hall–Kier alpha value is -3.26. The number of hydrogen-bond donors (Lipinski definition) is 0. The van der Waals surface area contributed by atoms with E-state index in [0.717, 1.165) is 5.56 Å². The van der Waals surface area contributed by atoms with Crippen LogP contribution in [0.3, 0.4) is 0 Å². The molecule has 26 heavy (non-hydrogen) atoms. The van der Waals surface area contributed by atoms with Gasteiger partial charge in [-0.1, -0.05) is 5.16 Å². The van der Waals surface area contributed by atoms with E-state index in [1.165, 1.54) is 29.7 Å². The van der Waals surface area contributed by atoms with Gasteiger partial charge in [0.1, 0.15) is 23.1 Å². The molecule has 0 saturated heterocycles. The summed E-state index contributed by atoms with van der Waals surface area (Å²) in [5.41, 5.74) is 1.37. The Morgan fingerprint density at radius 3 is 2.81 bits per heavy atom. The summed E-state index contributed by atoms with van der Waals surface area (Å²) in [6.45, 7) is -0.0492.